The van der Waals surface area contributed by atoms with Crippen molar-refractivity contribution in [3.63, 3.8) is 0 Å². The first kappa shape index (κ1) is 15.6. The Hall–Kier alpha value is -2.26. The van der Waals surface area contributed by atoms with Gasteiger partial charge in [0.15, 0.2) is 0 Å². The minimum absolute atomic E-state index is 0.123. The number of anilines is 2. The molecule has 0 saturated heterocycles. The number of fused-ring (bicyclic) bond motifs is 1. The molecule has 0 bridgehead atoms. The minimum atomic E-state index is -0.123. The van der Waals surface area contributed by atoms with Crippen LogP contribution >= 0.6 is 11.6 Å². The van der Waals surface area contributed by atoms with Gasteiger partial charge in [0.2, 0.25) is 5.91 Å². The summed E-state index contributed by atoms with van der Waals surface area (Å²) in [7, 11) is 0. The van der Waals surface area contributed by atoms with E-state index < -0.39 is 0 Å². The number of nitrogens with one attached hydrogen (secondary N) is 1. The van der Waals surface area contributed by atoms with E-state index in [4.69, 9.17) is 11.6 Å². The lowest BCUT2D eigenvalue weighted by atomic mass is 9.92. The Morgan fingerprint density at radius 1 is 1.26 bits per heavy atom. The van der Waals surface area contributed by atoms with Crippen LogP contribution in [0, 0.1) is 5.92 Å². The topological polar surface area (TPSA) is 32.3 Å². The van der Waals surface area contributed by atoms with Crippen LogP contribution in [-0.4, -0.2) is 19.0 Å². The highest BCUT2D eigenvalue weighted by Crippen LogP contribution is 2.35. The molecule has 0 fully saturated rings. The van der Waals surface area contributed by atoms with Crippen molar-refractivity contribution in [2.24, 2.45) is 5.92 Å². The summed E-state index contributed by atoms with van der Waals surface area (Å²) in [6.07, 6.45) is 2.27. The van der Waals surface area contributed by atoms with Gasteiger partial charge in [0.25, 0.3) is 0 Å². The average Bonchev–Trinajstić information content (AvgIpc) is 2.59. The Morgan fingerprint density at radius 2 is 2.00 bits per heavy atom. The first-order valence-electron chi connectivity index (χ1n) is 7.68. The Labute approximate surface area is 141 Å². The van der Waals surface area contributed by atoms with Gasteiger partial charge in [0.05, 0.1) is 0 Å². The van der Waals surface area contributed by atoms with Crippen molar-refractivity contribution in [3.8, 4) is 0 Å². The fraction of sp³-hybridized carbons (Fsp3) is 0.211. The predicted octanol–water partition coefficient (Wildman–Crippen LogP) is 3.95. The first-order chi connectivity index (χ1) is 11.2. The molecule has 1 N–H and O–H groups in total. The fourth-order valence-electron chi connectivity index (χ4n) is 3.00. The molecule has 4 heteroatoms. The van der Waals surface area contributed by atoms with Crippen molar-refractivity contribution in [1.29, 1.82) is 0 Å². The Morgan fingerprint density at radius 3 is 2.74 bits per heavy atom. The van der Waals surface area contributed by atoms with E-state index in [1.807, 2.05) is 24.3 Å². The third-order valence-electron chi connectivity index (χ3n) is 4.12. The molecule has 1 aliphatic rings. The molecule has 2 aromatic rings. The van der Waals surface area contributed by atoms with E-state index in [1.54, 1.807) is 0 Å². The maximum atomic E-state index is 11.4. The molecule has 23 heavy (non-hydrogen) atoms. The van der Waals surface area contributed by atoms with Gasteiger partial charge in [0.1, 0.15) is 0 Å². The van der Waals surface area contributed by atoms with E-state index in [0.29, 0.717) is 12.5 Å². The highest BCUT2D eigenvalue weighted by atomic mass is 35.5. The third-order valence-corrected chi connectivity index (χ3v) is 4.37. The molecule has 1 amide bonds. The molecule has 3 nitrogen and oxygen atoms in total. The lowest BCUT2D eigenvalue weighted by molar-refractivity contribution is -0.116. The summed E-state index contributed by atoms with van der Waals surface area (Å²) in [5, 5.41) is 3.64. The fourth-order valence-corrected chi connectivity index (χ4v) is 3.12. The highest BCUT2D eigenvalue weighted by molar-refractivity contribution is 6.30. The number of rotatable bonds is 4. The van der Waals surface area contributed by atoms with E-state index in [2.05, 4.69) is 41.1 Å². The normalized spacial score (nSPS) is 16.6. The molecular weight excluding hydrogens is 308 g/mol. The summed E-state index contributed by atoms with van der Waals surface area (Å²) in [5.74, 6) is 0.228. The van der Waals surface area contributed by atoms with Crippen molar-refractivity contribution >= 4 is 28.9 Å². The maximum absolute atomic E-state index is 11.4. The largest absolute Gasteiger partial charge is 0.352 e. The van der Waals surface area contributed by atoms with Crippen molar-refractivity contribution in [2.45, 2.75) is 6.42 Å². The zero-order valence-corrected chi connectivity index (χ0v) is 13.6. The van der Waals surface area contributed by atoms with Crippen LogP contribution in [0.4, 0.5) is 11.4 Å². The van der Waals surface area contributed by atoms with Crippen molar-refractivity contribution in [1.82, 2.24) is 5.32 Å². The summed E-state index contributed by atoms with van der Waals surface area (Å²) >= 11 is 6.00. The zero-order valence-electron chi connectivity index (χ0n) is 12.8. The van der Waals surface area contributed by atoms with Crippen molar-refractivity contribution in [3.05, 3.63) is 71.8 Å². The zero-order chi connectivity index (χ0) is 16.2. The van der Waals surface area contributed by atoms with Crippen LogP contribution in [0.1, 0.15) is 5.56 Å². The van der Waals surface area contributed by atoms with Crippen LogP contribution < -0.4 is 10.2 Å². The summed E-state index contributed by atoms with van der Waals surface area (Å²) in [5.41, 5.74) is 3.63. The second-order valence-corrected chi connectivity index (χ2v) is 6.17. The SMILES string of the molecule is C=CC(=O)NCC1Cc2ccccc2N(c2ccc(Cl)cc2)C1. The van der Waals surface area contributed by atoms with E-state index >= 15 is 0 Å². The van der Waals surface area contributed by atoms with E-state index in [-0.39, 0.29) is 5.91 Å². The van der Waals surface area contributed by atoms with Crippen molar-refractivity contribution < 1.29 is 4.79 Å². The molecule has 0 aliphatic carbocycles. The molecule has 1 heterocycles. The Kier molecular flexibility index (Phi) is 4.68. The van der Waals surface area contributed by atoms with Gasteiger partial charge in [0, 0.05) is 29.5 Å². The molecule has 1 aliphatic heterocycles. The molecule has 0 saturated carbocycles. The van der Waals surface area contributed by atoms with Crippen LogP contribution in [0.5, 0.6) is 0 Å². The van der Waals surface area contributed by atoms with Gasteiger partial charge in [-0.1, -0.05) is 36.4 Å². The number of hydrogen-bond donors (Lipinski definition) is 1. The molecule has 1 atom stereocenters. The second-order valence-electron chi connectivity index (χ2n) is 5.74. The lowest BCUT2D eigenvalue weighted by Crippen LogP contribution is -2.38. The molecule has 0 spiro atoms. The molecule has 0 aromatic heterocycles. The van der Waals surface area contributed by atoms with Crippen LogP contribution in [0.2, 0.25) is 5.02 Å². The monoisotopic (exact) mass is 326 g/mol. The third kappa shape index (κ3) is 3.57. The molecule has 118 valence electrons. The standard InChI is InChI=1S/C19H19ClN2O/c1-2-19(23)21-12-14-11-15-5-3-4-6-18(15)22(13-14)17-9-7-16(20)8-10-17/h2-10,14H,1,11-13H2,(H,21,23). The number of hydrogen-bond acceptors (Lipinski definition) is 2. The van der Waals surface area contributed by atoms with Crippen LogP contribution in [0.25, 0.3) is 0 Å². The molecule has 1 unspecified atom stereocenters. The summed E-state index contributed by atoms with van der Waals surface area (Å²) in [6.45, 7) is 5.00. The summed E-state index contributed by atoms with van der Waals surface area (Å²) in [6, 6.07) is 16.3. The number of nitrogens with zero attached hydrogens (tertiary/aromatic N) is 1. The van der Waals surface area contributed by atoms with Gasteiger partial charge in [-0.05, 0) is 54.3 Å². The van der Waals surface area contributed by atoms with Crippen LogP contribution in [-0.2, 0) is 11.2 Å². The van der Waals surface area contributed by atoms with Gasteiger partial charge in [-0.2, -0.15) is 0 Å². The highest BCUT2D eigenvalue weighted by Gasteiger charge is 2.25. The van der Waals surface area contributed by atoms with Crippen molar-refractivity contribution in [2.75, 3.05) is 18.0 Å². The van der Waals surface area contributed by atoms with Gasteiger partial charge in [-0.15, -0.1) is 0 Å². The number of halogens is 1. The minimum Gasteiger partial charge on any atom is -0.352 e. The number of para-hydroxylation sites is 1. The van der Waals surface area contributed by atoms with Gasteiger partial charge < -0.3 is 10.2 Å². The molecule has 3 rings (SSSR count). The lowest BCUT2D eigenvalue weighted by Gasteiger charge is -2.36. The Balaban J connectivity index is 1.86. The van der Waals surface area contributed by atoms with Gasteiger partial charge >= 0.3 is 0 Å². The maximum Gasteiger partial charge on any atom is 0.243 e. The number of carbonyl (C=O) groups excluding carboxylic acids is 1. The van der Waals surface area contributed by atoms with Crippen LogP contribution in [0.3, 0.4) is 0 Å². The summed E-state index contributed by atoms with van der Waals surface area (Å²) in [4.78, 5) is 13.7. The number of amides is 1. The van der Waals surface area contributed by atoms with E-state index in [1.165, 1.54) is 17.3 Å². The summed E-state index contributed by atoms with van der Waals surface area (Å²) < 4.78 is 0. The van der Waals surface area contributed by atoms with Gasteiger partial charge in [-0.25, -0.2) is 0 Å². The smallest absolute Gasteiger partial charge is 0.243 e. The van der Waals surface area contributed by atoms with E-state index in [0.717, 1.165) is 23.7 Å². The molecule has 0 radical (unpaired) electrons. The number of benzene rings is 2. The quantitative estimate of drug-likeness (QED) is 0.863. The first-order valence-corrected chi connectivity index (χ1v) is 8.06. The van der Waals surface area contributed by atoms with Crippen LogP contribution in [0.15, 0.2) is 61.2 Å². The molecular formula is C19H19ClN2O. The van der Waals surface area contributed by atoms with Gasteiger partial charge in [-0.3, -0.25) is 4.79 Å². The number of carbonyl (C=O) groups is 1. The van der Waals surface area contributed by atoms with E-state index in [9.17, 15) is 4.79 Å². The average molecular weight is 327 g/mol. The second kappa shape index (κ2) is 6.88. The Bertz CT molecular complexity index is 712. The predicted molar refractivity (Wildman–Crippen MR) is 95.3 cm³/mol. The molecule has 2 aromatic carbocycles.